The number of aliphatic hydroxyl groups is 1. The summed E-state index contributed by atoms with van der Waals surface area (Å²) in [6.07, 6.45) is 0. The van der Waals surface area contributed by atoms with Gasteiger partial charge in [-0.15, -0.1) is 12.4 Å². The first kappa shape index (κ1) is 12.4. The van der Waals surface area contributed by atoms with Crippen molar-refractivity contribution in [1.29, 1.82) is 0 Å². The predicted molar refractivity (Wildman–Crippen MR) is 57.2 cm³/mol. The fraction of sp³-hybridized carbons (Fsp3) is 0.400. The molecule has 0 aliphatic carbocycles. The third-order valence-corrected chi connectivity index (χ3v) is 2.24. The van der Waals surface area contributed by atoms with Gasteiger partial charge in [-0.2, -0.15) is 0 Å². The smallest absolute Gasteiger partial charge is 0.0624 e. The van der Waals surface area contributed by atoms with Crippen LogP contribution in [0.2, 0.25) is 0 Å². The average Bonchev–Trinajstić information content (AvgIpc) is 2.08. The molecule has 74 valence electrons. The molecule has 0 saturated carbocycles. The van der Waals surface area contributed by atoms with E-state index < -0.39 is 0 Å². The van der Waals surface area contributed by atoms with Crippen LogP contribution in [0.4, 0.5) is 0 Å². The summed E-state index contributed by atoms with van der Waals surface area (Å²) in [4.78, 5) is 0. The molecule has 1 aromatic rings. The largest absolute Gasteiger partial charge is 0.394 e. The van der Waals surface area contributed by atoms with Gasteiger partial charge in [0.2, 0.25) is 0 Å². The van der Waals surface area contributed by atoms with Crippen LogP contribution >= 0.6 is 12.4 Å². The molecule has 0 aliphatic heterocycles. The van der Waals surface area contributed by atoms with E-state index in [4.69, 9.17) is 10.8 Å². The lowest BCUT2D eigenvalue weighted by Crippen LogP contribution is -2.15. The molecule has 0 unspecified atom stereocenters. The van der Waals surface area contributed by atoms with Crippen molar-refractivity contribution in [2.45, 2.75) is 19.9 Å². The minimum atomic E-state index is -0.245. The second-order valence-corrected chi connectivity index (χ2v) is 3.08. The van der Waals surface area contributed by atoms with Crippen molar-refractivity contribution in [2.24, 2.45) is 5.73 Å². The van der Waals surface area contributed by atoms with Gasteiger partial charge >= 0.3 is 0 Å². The van der Waals surface area contributed by atoms with Gasteiger partial charge in [-0.1, -0.05) is 18.2 Å². The van der Waals surface area contributed by atoms with Crippen LogP contribution < -0.4 is 5.73 Å². The second-order valence-electron chi connectivity index (χ2n) is 3.08. The van der Waals surface area contributed by atoms with Gasteiger partial charge in [0.05, 0.1) is 12.6 Å². The quantitative estimate of drug-likeness (QED) is 0.766. The maximum Gasteiger partial charge on any atom is 0.0624 e. The van der Waals surface area contributed by atoms with Crippen molar-refractivity contribution in [3.63, 3.8) is 0 Å². The monoisotopic (exact) mass is 201 g/mol. The lowest BCUT2D eigenvalue weighted by Gasteiger charge is -2.13. The molecule has 0 saturated heterocycles. The summed E-state index contributed by atoms with van der Waals surface area (Å²) in [7, 11) is 0. The highest BCUT2D eigenvalue weighted by Gasteiger charge is 2.07. The van der Waals surface area contributed by atoms with Gasteiger partial charge in [0.15, 0.2) is 0 Å². The first-order chi connectivity index (χ1) is 5.66. The predicted octanol–water partition coefficient (Wildman–Crippen LogP) is 1.72. The Morgan fingerprint density at radius 1 is 1.38 bits per heavy atom. The maximum absolute atomic E-state index is 8.88. The molecule has 0 amide bonds. The number of hydrogen-bond acceptors (Lipinski definition) is 2. The Bertz CT molecular complexity index is 276. The molecule has 1 atom stereocenters. The summed E-state index contributed by atoms with van der Waals surface area (Å²) in [5.41, 5.74) is 9.15. The van der Waals surface area contributed by atoms with Gasteiger partial charge in [0.25, 0.3) is 0 Å². The molecule has 0 heterocycles. The van der Waals surface area contributed by atoms with Gasteiger partial charge in [0, 0.05) is 0 Å². The van der Waals surface area contributed by atoms with Crippen LogP contribution in [0, 0.1) is 13.8 Å². The Morgan fingerprint density at radius 2 is 2.00 bits per heavy atom. The van der Waals surface area contributed by atoms with Gasteiger partial charge in [-0.05, 0) is 30.5 Å². The zero-order chi connectivity index (χ0) is 9.14. The van der Waals surface area contributed by atoms with Crippen LogP contribution in [0.5, 0.6) is 0 Å². The summed E-state index contributed by atoms with van der Waals surface area (Å²) < 4.78 is 0. The topological polar surface area (TPSA) is 46.2 Å². The SMILES string of the molecule is Cc1cccc([C@H](N)CO)c1C.Cl. The normalized spacial score (nSPS) is 12.0. The zero-order valence-electron chi connectivity index (χ0n) is 7.95. The number of halogens is 1. The van der Waals surface area contributed by atoms with Gasteiger partial charge in [-0.25, -0.2) is 0 Å². The maximum atomic E-state index is 8.88. The molecular weight excluding hydrogens is 186 g/mol. The van der Waals surface area contributed by atoms with Gasteiger partial charge < -0.3 is 10.8 Å². The summed E-state index contributed by atoms with van der Waals surface area (Å²) in [6, 6.07) is 5.73. The average molecular weight is 202 g/mol. The molecule has 1 rings (SSSR count). The molecule has 0 aromatic heterocycles. The molecule has 1 aromatic carbocycles. The summed E-state index contributed by atoms with van der Waals surface area (Å²) in [5.74, 6) is 0. The second kappa shape index (κ2) is 5.22. The lowest BCUT2D eigenvalue weighted by molar-refractivity contribution is 0.267. The van der Waals surface area contributed by atoms with E-state index in [-0.39, 0.29) is 25.1 Å². The highest BCUT2D eigenvalue weighted by molar-refractivity contribution is 5.85. The van der Waals surface area contributed by atoms with E-state index in [0.717, 1.165) is 5.56 Å². The Morgan fingerprint density at radius 3 is 2.54 bits per heavy atom. The Labute approximate surface area is 85.2 Å². The van der Waals surface area contributed by atoms with Crippen LogP contribution in [0.3, 0.4) is 0 Å². The third kappa shape index (κ3) is 2.69. The molecule has 0 bridgehead atoms. The number of aliphatic hydroxyl groups excluding tert-OH is 1. The van der Waals surface area contributed by atoms with Crippen molar-refractivity contribution in [3.05, 3.63) is 34.9 Å². The number of benzene rings is 1. The summed E-state index contributed by atoms with van der Waals surface area (Å²) in [6.45, 7) is 4.08. The molecule has 0 radical (unpaired) electrons. The molecule has 0 spiro atoms. The first-order valence-corrected chi connectivity index (χ1v) is 4.09. The summed E-state index contributed by atoms with van der Waals surface area (Å²) in [5, 5.41) is 8.88. The van der Waals surface area contributed by atoms with Crippen LogP contribution in [-0.2, 0) is 0 Å². The highest BCUT2D eigenvalue weighted by Crippen LogP contribution is 2.17. The first-order valence-electron chi connectivity index (χ1n) is 4.09. The number of hydrogen-bond donors (Lipinski definition) is 2. The van der Waals surface area contributed by atoms with Crippen LogP contribution in [-0.4, -0.2) is 11.7 Å². The lowest BCUT2D eigenvalue weighted by atomic mass is 9.98. The van der Waals surface area contributed by atoms with Crippen LogP contribution in [0.1, 0.15) is 22.7 Å². The molecule has 0 fully saturated rings. The molecule has 13 heavy (non-hydrogen) atoms. The number of aryl methyl sites for hydroxylation is 1. The number of rotatable bonds is 2. The number of nitrogens with two attached hydrogens (primary N) is 1. The molecular formula is C10H16ClNO. The fourth-order valence-electron chi connectivity index (χ4n) is 1.27. The van der Waals surface area contributed by atoms with Crippen LogP contribution in [0.15, 0.2) is 18.2 Å². The zero-order valence-corrected chi connectivity index (χ0v) is 8.77. The van der Waals surface area contributed by atoms with E-state index in [0.29, 0.717) is 0 Å². The van der Waals surface area contributed by atoms with Crippen molar-refractivity contribution in [1.82, 2.24) is 0 Å². The minimum Gasteiger partial charge on any atom is -0.394 e. The fourth-order valence-corrected chi connectivity index (χ4v) is 1.27. The van der Waals surface area contributed by atoms with Crippen LogP contribution in [0.25, 0.3) is 0 Å². The van der Waals surface area contributed by atoms with Crippen molar-refractivity contribution < 1.29 is 5.11 Å². The van der Waals surface area contributed by atoms with E-state index in [9.17, 15) is 0 Å². The Balaban J connectivity index is 0.00000144. The van der Waals surface area contributed by atoms with E-state index in [1.54, 1.807) is 0 Å². The Kier molecular flexibility index (Phi) is 4.99. The van der Waals surface area contributed by atoms with Gasteiger partial charge in [-0.3, -0.25) is 0 Å². The molecule has 0 aliphatic rings. The van der Waals surface area contributed by atoms with E-state index in [1.807, 2.05) is 32.0 Å². The minimum absolute atomic E-state index is 0. The van der Waals surface area contributed by atoms with Crippen molar-refractivity contribution in [2.75, 3.05) is 6.61 Å². The standard InChI is InChI=1S/C10H15NO.ClH/c1-7-4-3-5-9(8(7)2)10(11)6-12;/h3-5,10,12H,6,11H2,1-2H3;1H/t10-;/m1./s1. The van der Waals surface area contributed by atoms with Crippen molar-refractivity contribution >= 4 is 12.4 Å². The summed E-state index contributed by atoms with van der Waals surface area (Å²) >= 11 is 0. The van der Waals surface area contributed by atoms with Gasteiger partial charge in [0.1, 0.15) is 0 Å². The van der Waals surface area contributed by atoms with E-state index in [1.165, 1.54) is 11.1 Å². The third-order valence-electron chi connectivity index (χ3n) is 2.24. The van der Waals surface area contributed by atoms with E-state index in [2.05, 4.69) is 0 Å². The van der Waals surface area contributed by atoms with Crippen molar-refractivity contribution in [3.8, 4) is 0 Å². The van der Waals surface area contributed by atoms with E-state index >= 15 is 0 Å². The molecule has 3 heteroatoms. The highest BCUT2D eigenvalue weighted by atomic mass is 35.5. The molecule has 2 nitrogen and oxygen atoms in total. The molecule has 3 N–H and O–H groups in total. The Hall–Kier alpha value is -0.570.